The lowest BCUT2D eigenvalue weighted by molar-refractivity contribution is -0.158. The molecule has 56 heavy (non-hydrogen) atoms. The smallest absolute Gasteiger partial charge is 0.332 e. The molecule has 2 aromatic heterocycles. The molecule has 0 aliphatic heterocycles. The van der Waals surface area contributed by atoms with E-state index in [-0.39, 0.29) is 20.0 Å². The maximum Gasteiger partial charge on any atom is 0.332 e. The molecule has 294 valence electrons. The second kappa shape index (κ2) is 20.7. The SMILES string of the molecule is C=CC(=O)OCOC(COc1ccc2cc(-c3ccc(CCCCC)cc3CC)sc2c1)COc1ccc2cc(-c3ccc(CCCCC)cc3CC)sc2c1. The fraction of sp³-hybridized carbons (Fsp3) is 0.367. The fourth-order valence-electron chi connectivity index (χ4n) is 7.07. The molecular weight excluding hydrogens is 733 g/mol. The van der Waals surface area contributed by atoms with Crippen LogP contribution in [-0.4, -0.2) is 32.1 Å². The number of aryl methyl sites for hydroxylation is 4. The zero-order chi connectivity index (χ0) is 39.3. The summed E-state index contributed by atoms with van der Waals surface area (Å²) in [5, 5.41) is 2.38. The van der Waals surface area contributed by atoms with Crippen molar-refractivity contribution in [1.82, 2.24) is 0 Å². The molecule has 0 radical (unpaired) electrons. The summed E-state index contributed by atoms with van der Waals surface area (Å²) in [7, 11) is 0. The second-order valence-electron chi connectivity index (χ2n) is 14.4. The molecule has 0 amide bonds. The molecule has 6 aromatic rings. The van der Waals surface area contributed by atoms with Crippen LogP contribution in [0.4, 0.5) is 0 Å². The van der Waals surface area contributed by atoms with Gasteiger partial charge in [-0.25, -0.2) is 4.79 Å². The molecule has 0 N–H and O–H groups in total. The molecule has 5 nitrogen and oxygen atoms in total. The Morgan fingerprint density at radius 3 is 1.59 bits per heavy atom. The van der Waals surface area contributed by atoms with E-state index in [4.69, 9.17) is 18.9 Å². The standard InChI is InChI=1S/C49H56O5S2/c1-6-11-13-15-34-17-23-43(36(8-3)25-34)47-27-38-19-21-40(29-45(38)55-47)51-31-42(53-33-54-49(50)10-5)32-52-41-22-20-39-28-48(56-46(39)30-41)44-24-18-35(16-14-12-7-2)26-37(44)9-4/h10,17-30,42H,5-9,11-16,31-33H2,1-4H3. The zero-order valence-corrected chi connectivity index (χ0v) is 35.1. The predicted molar refractivity (Wildman–Crippen MR) is 237 cm³/mol. The molecule has 4 aromatic carbocycles. The fourth-order valence-corrected chi connectivity index (χ4v) is 9.37. The molecule has 0 saturated carbocycles. The van der Waals surface area contributed by atoms with Crippen LogP contribution in [0.25, 0.3) is 41.1 Å². The van der Waals surface area contributed by atoms with Crippen LogP contribution in [0, 0.1) is 0 Å². The molecule has 0 unspecified atom stereocenters. The van der Waals surface area contributed by atoms with Gasteiger partial charge >= 0.3 is 5.97 Å². The third-order valence-corrected chi connectivity index (χ3v) is 12.6. The lowest BCUT2D eigenvalue weighted by Gasteiger charge is -2.19. The van der Waals surface area contributed by atoms with E-state index in [2.05, 4.69) is 107 Å². The van der Waals surface area contributed by atoms with Crippen LogP contribution < -0.4 is 9.47 Å². The Balaban J connectivity index is 1.12. The van der Waals surface area contributed by atoms with Crippen LogP contribution in [0.5, 0.6) is 11.5 Å². The highest BCUT2D eigenvalue weighted by Crippen LogP contribution is 2.39. The second-order valence-corrected chi connectivity index (χ2v) is 16.6. The average Bonchev–Trinajstić information content (AvgIpc) is 3.85. The molecule has 6 rings (SSSR count). The molecule has 0 atom stereocenters. The summed E-state index contributed by atoms with van der Waals surface area (Å²) < 4.78 is 26.0. The van der Waals surface area contributed by atoms with E-state index in [0.29, 0.717) is 0 Å². The first kappa shape index (κ1) is 41.2. The Morgan fingerprint density at radius 1 is 0.643 bits per heavy atom. The Bertz CT molecular complexity index is 2070. The Labute approximate surface area is 341 Å². The molecule has 2 heterocycles. The lowest BCUT2D eigenvalue weighted by atomic mass is 9.98. The molecular formula is C49H56O5S2. The summed E-state index contributed by atoms with van der Waals surface area (Å²) >= 11 is 3.58. The maximum atomic E-state index is 11.7. The van der Waals surface area contributed by atoms with Gasteiger partial charge in [-0.1, -0.05) is 96.4 Å². The van der Waals surface area contributed by atoms with Crippen molar-refractivity contribution in [3.63, 3.8) is 0 Å². The highest BCUT2D eigenvalue weighted by atomic mass is 32.1. The quantitative estimate of drug-likeness (QED) is 0.0297. The minimum atomic E-state index is -0.543. The number of fused-ring (bicyclic) bond motifs is 2. The minimum absolute atomic E-state index is 0.217. The van der Waals surface area contributed by atoms with Gasteiger partial charge in [0, 0.05) is 25.2 Å². The van der Waals surface area contributed by atoms with Crippen LogP contribution in [0.1, 0.15) is 88.5 Å². The van der Waals surface area contributed by atoms with E-state index >= 15 is 0 Å². The van der Waals surface area contributed by atoms with Crippen molar-refractivity contribution in [2.24, 2.45) is 0 Å². The number of hydrogen-bond donors (Lipinski definition) is 0. The number of carbonyl (C=O) groups is 1. The number of rotatable bonds is 22. The molecule has 0 spiro atoms. The van der Waals surface area contributed by atoms with Crippen LogP contribution in [0.3, 0.4) is 0 Å². The van der Waals surface area contributed by atoms with Gasteiger partial charge in [0.25, 0.3) is 0 Å². The minimum Gasteiger partial charge on any atom is -0.491 e. The Hall–Kier alpha value is -4.43. The average molecular weight is 789 g/mol. The summed E-state index contributed by atoms with van der Waals surface area (Å²) in [6.45, 7) is 12.7. The largest absolute Gasteiger partial charge is 0.491 e. The van der Waals surface area contributed by atoms with Gasteiger partial charge in [0.05, 0.1) is 0 Å². The molecule has 0 aliphatic rings. The van der Waals surface area contributed by atoms with Crippen molar-refractivity contribution in [3.05, 3.63) is 120 Å². The highest BCUT2D eigenvalue weighted by Gasteiger charge is 2.16. The van der Waals surface area contributed by atoms with Crippen LogP contribution >= 0.6 is 22.7 Å². The summed E-state index contributed by atoms with van der Waals surface area (Å²) in [5.41, 5.74) is 8.26. The number of unbranched alkanes of at least 4 members (excludes halogenated alkanes) is 4. The van der Waals surface area contributed by atoms with Gasteiger partial charge in [0.1, 0.15) is 30.8 Å². The number of esters is 1. The normalized spacial score (nSPS) is 11.4. The lowest BCUT2D eigenvalue weighted by Crippen LogP contribution is -2.30. The van der Waals surface area contributed by atoms with Crippen LogP contribution in [-0.2, 0) is 40.0 Å². The van der Waals surface area contributed by atoms with Gasteiger partial charge in [-0.05, 0) is 131 Å². The number of hydrogen-bond acceptors (Lipinski definition) is 7. The third-order valence-electron chi connectivity index (χ3n) is 10.3. The van der Waals surface area contributed by atoms with Crippen molar-refractivity contribution in [2.75, 3.05) is 20.0 Å². The van der Waals surface area contributed by atoms with Gasteiger partial charge in [-0.15, -0.1) is 22.7 Å². The van der Waals surface area contributed by atoms with Crippen LogP contribution in [0.15, 0.2) is 97.6 Å². The number of benzene rings is 4. The van der Waals surface area contributed by atoms with E-state index in [1.165, 1.54) is 92.4 Å². The predicted octanol–water partition coefficient (Wildman–Crippen LogP) is 13.6. The first-order valence-corrected chi connectivity index (χ1v) is 22.0. The van der Waals surface area contributed by atoms with Gasteiger partial charge in [-0.3, -0.25) is 0 Å². The van der Waals surface area contributed by atoms with E-state index in [9.17, 15) is 4.79 Å². The molecule has 0 fully saturated rings. The van der Waals surface area contributed by atoms with Crippen molar-refractivity contribution < 1.29 is 23.7 Å². The van der Waals surface area contributed by atoms with Crippen molar-refractivity contribution in [2.45, 2.75) is 98.0 Å². The molecule has 0 aliphatic carbocycles. The maximum absolute atomic E-state index is 11.7. The van der Waals surface area contributed by atoms with Crippen molar-refractivity contribution in [3.8, 4) is 32.4 Å². The summed E-state index contributed by atoms with van der Waals surface area (Å²) in [4.78, 5) is 14.3. The number of thiophene rings is 2. The number of carbonyl (C=O) groups excluding carboxylic acids is 1. The first-order valence-electron chi connectivity index (χ1n) is 20.4. The van der Waals surface area contributed by atoms with E-state index in [1.807, 2.05) is 12.1 Å². The van der Waals surface area contributed by atoms with Gasteiger partial charge in [0.15, 0.2) is 6.79 Å². The van der Waals surface area contributed by atoms with Gasteiger partial charge < -0.3 is 18.9 Å². The molecule has 0 bridgehead atoms. The Kier molecular flexibility index (Phi) is 15.2. The monoisotopic (exact) mass is 788 g/mol. The first-order chi connectivity index (χ1) is 27.4. The van der Waals surface area contributed by atoms with Gasteiger partial charge in [0.2, 0.25) is 0 Å². The molecule has 0 saturated heterocycles. The van der Waals surface area contributed by atoms with Crippen molar-refractivity contribution >= 4 is 48.8 Å². The summed E-state index contributed by atoms with van der Waals surface area (Å²) in [6, 6.07) is 31.0. The topological polar surface area (TPSA) is 54.0 Å². The summed E-state index contributed by atoms with van der Waals surface area (Å²) in [5.74, 6) is 0.952. The Morgan fingerprint density at radius 2 is 1.14 bits per heavy atom. The highest BCUT2D eigenvalue weighted by molar-refractivity contribution is 7.22. The van der Waals surface area contributed by atoms with E-state index in [1.54, 1.807) is 22.7 Å². The summed E-state index contributed by atoms with van der Waals surface area (Å²) in [6.07, 6.45) is 12.4. The van der Waals surface area contributed by atoms with Crippen LogP contribution in [0.2, 0.25) is 0 Å². The van der Waals surface area contributed by atoms with E-state index < -0.39 is 12.1 Å². The molecule has 7 heteroatoms. The number of ether oxygens (including phenoxy) is 4. The van der Waals surface area contributed by atoms with Crippen molar-refractivity contribution in [1.29, 1.82) is 0 Å². The van der Waals surface area contributed by atoms with Gasteiger partial charge in [-0.2, -0.15) is 0 Å². The van der Waals surface area contributed by atoms with E-state index in [0.717, 1.165) is 52.7 Å². The third kappa shape index (κ3) is 10.9. The zero-order valence-electron chi connectivity index (χ0n) is 33.5.